The molecule has 2 N–H and O–H groups in total. The van der Waals surface area contributed by atoms with E-state index in [2.05, 4.69) is 40.3 Å². The van der Waals surface area contributed by atoms with E-state index >= 15 is 0 Å². The van der Waals surface area contributed by atoms with Crippen LogP contribution in [0.15, 0.2) is 22.7 Å². The molecule has 0 bridgehead atoms. The van der Waals surface area contributed by atoms with Crippen molar-refractivity contribution in [1.29, 1.82) is 0 Å². The van der Waals surface area contributed by atoms with Crippen LogP contribution < -0.4 is 10.1 Å². The predicted octanol–water partition coefficient (Wildman–Crippen LogP) is 1.74. The van der Waals surface area contributed by atoms with Crippen molar-refractivity contribution in [2.24, 2.45) is 0 Å². The van der Waals surface area contributed by atoms with E-state index < -0.39 is 0 Å². The van der Waals surface area contributed by atoms with Crippen LogP contribution in [0, 0.1) is 6.92 Å². The first-order valence-corrected chi connectivity index (χ1v) is 6.73. The lowest BCUT2D eigenvalue weighted by Gasteiger charge is -2.08. The van der Waals surface area contributed by atoms with Crippen molar-refractivity contribution in [3.63, 3.8) is 0 Å². The van der Waals surface area contributed by atoms with Crippen LogP contribution in [0.1, 0.15) is 12.0 Å². The van der Waals surface area contributed by atoms with Crippen LogP contribution in [0.3, 0.4) is 0 Å². The summed E-state index contributed by atoms with van der Waals surface area (Å²) in [5.74, 6) is 0.917. The van der Waals surface area contributed by atoms with E-state index in [9.17, 15) is 0 Å². The second-order valence-corrected chi connectivity index (χ2v) is 4.85. The molecule has 0 spiro atoms. The lowest BCUT2D eigenvalue weighted by atomic mass is 10.2. The average molecular weight is 303 g/mol. The summed E-state index contributed by atoms with van der Waals surface area (Å²) in [6.45, 7) is 5.70. The maximum atomic E-state index is 5.69. The average Bonchev–Trinajstić information content (AvgIpc) is 2.30. The fraction of sp³-hybridized carbons (Fsp3) is 0.538. The maximum Gasteiger partial charge on any atom is 0.137 e. The largest absolute Gasteiger partial charge is 0.487 e. The number of methoxy groups -OCH3 is 1. The van der Waals surface area contributed by atoms with Crippen molar-refractivity contribution in [2.75, 3.05) is 33.4 Å². The molecule has 1 rings (SSSR count). The smallest absolute Gasteiger partial charge is 0.137 e. The summed E-state index contributed by atoms with van der Waals surface area (Å²) in [6.07, 6.45) is 1.09. The minimum Gasteiger partial charge on any atom is -0.487 e. The number of hydrogen-bond donors (Lipinski definition) is 1. The highest BCUT2D eigenvalue weighted by molar-refractivity contribution is 9.10. The fourth-order valence-corrected chi connectivity index (χ4v) is 2.10. The molecular weight excluding hydrogens is 282 g/mol. The van der Waals surface area contributed by atoms with Gasteiger partial charge in [-0.2, -0.15) is 0 Å². The van der Waals surface area contributed by atoms with Crippen molar-refractivity contribution in [3.8, 4) is 5.75 Å². The van der Waals surface area contributed by atoms with Crippen molar-refractivity contribution in [3.05, 3.63) is 28.2 Å². The Morgan fingerprint density at radius 1 is 1.24 bits per heavy atom. The Kier molecular flexibility index (Phi) is 7.24. The Bertz CT molecular complexity index is 331. The van der Waals surface area contributed by atoms with Crippen molar-refractivity contribution in [1.82, 2.24) is 0 Å². The Hall–Kier alpha value is -0.580. The normalized spacial score (nSPS) is 10.5. The van der Waals surface area contributed by atoms with Gasteiger partial charge in [0.2, 0.25) is 0 Å². The third-order valence-corrected chi connectivity index (χ3v) is 3.04. The first-order valence-electron chi connectivity index (χ1n) is 5.93. The molecule has 0 aliphatic rings. The van der Waals surface area contributed by atoms with Gasteiger partial charge in [0.1, 0.15) is 18.9 Å². The molecule has 0 heterocycles. The molecular formula is C13H21BrNO2+. The number of rotatable bonds is 8. The van der Waals surface area contributed by atoms with Gasteiger partial charge in [-0.1, -0.05) is 6.07 Å². The molecule has 0 amide bonds. The summed E-state index contributed by atoms with van der Waals surface area (Å²) in [4.78, 5) is 0. The summed E-state index contributed by atoms with van der Waals surface area (Å²) >= 11 is 3.50. The number of halogens is 1. The molecule has 0 aliphatic heterocycles. The third-order valence-electron chi connectivity index (χ3n) is 2.42. The lowest BCUT2D eigenvalue weighted by Crippen LogP contribution is -2.85. The number of benzene rings is 1. The summed E-state index contributed by atoms with van der Waals surface area (Å²) in [7, 11) is 1.73. The van der Waals surface area contributed by atoms with Gasteiger partial charge >= 0.3 is 0 Å². The Morgan fingerprint density at radius 2 is 2.06 bits per heavy atom. The topological polar surface area (TPSA) is 35.1 Å². The lowest BCUT2D eigenvalue weighted by molar-refractivity contribution is -0.655. The van der Waals surface area contributed by atoms with Crippen molar-refractivity contribution >= 4 is 15.9 Å². The van der Waals surface area contributed by atoms with E-state index in [1.807, 2.05) is 6.07 Å². The van der Waals surface area contributed by atoms with E-state index in [0.29, 0.717) is 0 Å². The Balaban J connectivity index is 2.14. The molecule has 0 aliphatic carbocycles. The highest BCUT2D eigenvalue weighted by atomic mass is 79.9. The quantitative estimate of drug-likeness (QED) is 0.742. The molecule has 0 saturated carbocycles. The second-order valence-electron chi connectivity index (χ2n) is 3.99. The van der Waals surface area contributed by atoms with Gasteiger partial charge in [0.05, 0.1) is 17.6 Å². The van der Waals surface area contributed by atoms with E-state index in [1.54, 1.807) is 7.11 Å². The Morgan fingerprint density at radius 3 is 2.76 bits per heavy atom. The zero-order valence-electron chi connectivity index (χ0n) is 10.5. The van der Waals surface area contributed by atoms with Crippen LogP contribution in [0.5, 0.6) is 5.75 Å². The molecule has 0 aromatic heterocycles. The van der Waals surface area contributed by atoms with Crippen LogP contribution in [-0.2, 0) is 4.74 Å². The van der Waals surface area contributed by atoms with Crippen molar-refractivity contribution < 1.29 is 14.8 Å². The van der Waals surface area contributed by atoms with Gasteiger partial charge in [-0.15, -0.1) is 0 Å². The van der Waals surface area contributed by atoms with Gasteiger partial charge in [0.15, 0.2) is 0 Å². The third kappa shape index (κ3) is 6.05. The number of aryl methyl sites for hydroxylation is 1. The summed E-state index contributed by atoms with van der Waals surface area (Å²) in [5, 5.41) is 2.25. The number of ether oxygens (including phenoxy) is 2. The van der Waals surface area contributed by atoms with E-state index in [-0.39, 0.29) is 0 Å². The molecule has 4 heteroatoms. The summed E-state index contributed by atoms with van der Waals surface area (Å²) < 4.78 is 11.7. The molecule has 0 fully saturated rings. The minimum atomic E-state index is 0.731. The van der Waals surface area contributed by atoms with Gasteiger partial charge in [-0.05, 0) is 40.5 Å². The molecule has 1 aromatic rings. The summed E-state index contributed by atoms with van der Waals surface area (Å²) in [6, 6.07) is 6.13. The maximum absolute atomic E-state index is 5.69. The highest BCUT2D eigenvalue weighted by Crippen LogP contribution is 2.25. The van der Waals surface area contributed by atoms with Crippen LogP contribution in [-0.4, -0.2) is 33.4 Å². The molecule has 0 radical (unpaired) electrons. The monoisotopic (exact) mass is 302 g/mol. The van der Waals surface area contributed by atoms with Crippen LogP contribution >= 0.6 is 15.9 Å². The van der Waals surface area contributed by atoms with Gasteiger partial charge in [-0.25, -0.2) is 0 Å². The van der Waals surface area contributed by atoms with Gasteiger partial charge in [0.25, 0.3) is 0 Å². The number of quaternary nitrogens is 1. The molecule has 0 saturated heterocycles. The molecule has 0 atom stereocenters. The van der Waals surface area contributed by atoms with Crippen LogP contribution in [0.2, 0.25) is 0 Å². The van der Waals surface area contributed by atoms with E-state index in [1.165, 1.54) is 5.56 Å². The predicted molar refractivity (Wildman–Crippen MR) is 72.5 cm³/mol. The summed E-state index contributed by atoms with van der Waals surface area (Å²) in [5.41, 5.74) is 1.23. The zero-order valence-corrected chi connectivity index (χ0v) is 12.1. The van der Waals surface area contributed by atoms with Crippen LogP contribution in [0.4, 0.5) is 0 Å². The standard InChI is InChI=1S/C13H20BrNO2/c1-11-4-5-13(12(14)10-11)17-9-7-15-6-3-8-16-2/h4-5,10,15H,3,6-9H2,1-2H3/p+1. The first-order chi connectivity index (χ1) is 8.24. The van der Waals surface area contributed by atoms with Gasteiger partial charge in [-0.3, -0.25) is 0 Å². The molecule has 1 aromatic carbocycles. The van der Waals surface area contributed by atoms with E-state index in [0.717, 1.165) is 42.9 Å². The Labute approximate surface area is 112 Å². The molecule has 96 valence electrons. The van der Waals surface area contributed by atoms with E-state index in [4.69, 9.17) is 9.47 Å². The van der Waals surface area contributed by atoms with Gasteiger partial charge in [0, 0.05) is 13.5 Å². The fourth-order valence-electron chi connectivity index (χ4n) is 1.49. The number of hydrogen-bond acceptors (Lipinski definition) is 2. The molecule has 17 heavy (non-hydrogen) atoms. The first kappa shape index (κ1) is 14.5. The highest BCUT2D eigenvalue weighted by Gasteiger charge is 2.01. The van der Waals surface area contributed by atoms with Crippen molar-refractivity contribution in [2.45, 2.75) is 13.3 Å². The number of nitrogens with two attached hydrogens (primary N) is 1. The minimum absolute atomic E-state index is 0.731. The molecule has 0 unspecified atom stereocenters. The SMILES string of the molecule is COCCC[NH2+]CCOc1ccc(C)cc1Br. The zero-order chi connectivity index (χ0) is 12.5. The molecule has 3 nitrogen and oxygen atoms in total. The van der Waals surface area contributed by atoms with Gasteiger partial charge < -0.3 is 14.8 Å². The second kappa shape index (κ2) is 8.50. The van der Waals surface area contributed by atoms with Crippen LogP contribution in [0.25, 0.3) is 0 Å².